The van der Waals surface area contributed by atoms with Gasteiger partial charge in [0, 0.05) is 19.7 Å². The number of amides is 1. The lowest BCUT2D eigenvalue weighted by Crippen LogP contribution is -2.22. The van der Waals surface area contributed by atoms with Crippen molar-refractivity contribution in [2.45, 2.75) is 6.92 Å². The van der Waals surface area contributed by atoms with Gasteiger partial charge in [-0.05, 0) is 13.0 Å². The molecule has 1 aromatic rings. The second-order valence-corrected chi connectivity index (χ2v) is 3.31. The van der Waals surface area contributed by atoms with Crippen LogP contribution in [-0.4, -0.2) is 34.8 Å². The van der Waals surface area contributed by atoms with Crippen molar-refractivity contribution in [2.24, 2.45) is 0 Å². The van der Waals surface area contributed by atoms with E-state index in [2.05, 4.69) is 4.98 Å². The average molecular weight is 209 g/mol. The predicted molar refractivity (Wildman–Crippen MR) is 53.6 cm³/mol. The molecule has 0 unspecified atom stereocenters. The van der Waals surface area contributed by atoms with Gasteiger partial charge in [-0.2, -0.15) is 0 Å². The summed E-state index contributed by atoms with van der Waals surface area (Å²) in [6, 6.07) is 1.42. The van der Waals surface area contributed by atoms with Crippen molar-refractivity contribution in [2.75, 3.05) is 14.1 Å². The summed E-state index contributed by atoms with van der Waals surface area (Å²) in [5.41, 5.74) is 0.564. The molecule has 0 radical (unpaired) electrons. The number of nitro groups is 1. The number of carbonyl (C=O) groups excluding carboxylic acids is 1. The Bertz CT molecular complexity index is 415. The number of rotatable bonds is 2. The molecule has 0 bridgehead atoms. The maximum Gasteiger partial charge on any atom is 0.290 e. The van der Waals surface area contributed by atoms with Crippen molar-refractivity contribution in [3.63, 3.8) is 0 Å². The van der Waals surface area contributed by atoms with Crippen molar-refractivity contribution in [1.29, 1.82) is 0 Å². The molecule has 0 N–H and O–H groups in total. The van der Waals surface area contributed by atoms with Gasteiger partial charge in [0.1, 0.15) is 11.9 Å². The van der Waals surface area contributed by atoms with E-state index in [1.807, 2.05) is 0 Å². The monoisotopic (exact) mass is 209 g/mol. The largest absolute Gasteiger partial charge is 0.343 e. The lowest BCUT2D eigenvalue weighted by molar-refractivity contribution is -0.385. The van der Waals surface area contributed by atoms with Gasteiger partial charge in [-0.25, -0.2) is 4.98 Å². The van der Waals surface area contributed by atoms with Gasteiger partial charge in [0.2, 0.25) is 0 Å². The number of carbonyl (C=O) groups is 1. The van der Waals surface area contributed by atoms with Gasteiger partial charge in [0.15, 0.2) is 0 Å². The SMILES string of the molecule is Cc1cc(C(=O)N(C)C)ncc1[N+](=O)[O-]. The number of aromatic nitrogens is 1. The summed E-state index contributed by atoms with van der Waals surface area (Å²) in [5.74, 6) is -0.270. The Hall–Kier alpha value is -1.98. The Kier molecular flexibility index (Phi) is 2.99. The predicted octanol–water partition coefficient (Wildman–Crippen LogP) is 1.00. The molecule has 15 heavy (non-hydrogen) atoms. The zero-order chi connectivity index (χ0) is 11.6. The molecule has 1 amide bonds. The van der Waals surface area contributed by atoms with E-state index in [4.69, 9.17) is 0 Å². The van der Waals surface area contributed by atoms with Crippen LogP contribution in [0, 0.1) is 17.0 Å². The van der Waals surface area contributed by atoms with E-state index in [9.17, 15) is 14.9 Å². The quantitative estimate of drug-likeness (QED) is 0.537. The summed E-state index contributed by atoms with van der Waals surface area (Å²) >= 11 is 0. The fourth-order valence-corrected chi connectivity index (χ4v) is 1.09. The van der Waals surface area contributed by atoms with Crippen LogP contribution in [0.5, 0.6) is 0 Å². The first-order valence-electron chi connectivity index (χ1n) is 4.26. The van der Waals surface area contributed by atoms with E-state index in [0.717, 1.165) is 6.20 Å². The molecule has 0 saturated heterocycles. The summed E-state index contributed by atoms with van der Waals surface area (Å²) in [6.45, 7) is 1.58. The molecule has 6 heteroatoms. The normalized spacial score (nSPS) is 9.80. The van der Waals surface area contributed by atoms with Crippen LogP contribution in [-0.2, 0) is 0 Å². The van der Waals surface area contributed by atoms with Crippen LogP contribution < -0.4 is 0 Å². The Morgan fingerprint density at radius 3 is 2.53 bits per heavy atom. The summed E-state index contributed by atoms with van der Waals surface area (Å²) in [6.07, 6.45) is 1.10. The Balaban J connectivity index is 3.12. The molecule has 0 aromatic carbocycles. The molecule has 1 heterocycles. The molecule has 0 aliphatic heterocycles. The van der Waals surface area contributed by atoms with Gasteiger partial charge in [-0.15, -0.1) is 0 Å². The van der Waals surface area contributed by atoms with E-state index < -0.39 is 4.92 Å². The van der Waals surface area contributed by atoms with Crippen LogP contribution in [0.15, 0.2) is 12.3 Å². The first kappa shape index (κ1) is 11.1. The van der Waals surface area contributed by atoms with Crippen LogP contribution in [0.1, 0.15) is 16.1 Å². The first-order chi connectivity index (χ1) is 6.93. The van der Waals surface area contributed by atoms with E-state index in [0.29, 0.717) is 5.56 Å². The molecular weight excluding hydrogens is 198 g/mol. The van der Waals surface area contributed by atoms with Crippen LogP contribution in [0.2, 0.25) is 0 Å². The average Bonchev–Trinajstić information content (AvgIpc) is 2.15. The number of aryl methyl sites for hydroxylation is 1. The van der Waals surface area contributed by atoms with E-state index in [1.54, 1.807) is 21.0 Å². The number of pyridine rings is 1. The van der Waals surface area contributed by atoms with Gasteiger partial charge >= 0.3 is 0 Å². The van der Waals surface area contributed by atoms with E-state index in [-0.39, 0.29) is 17.3 Å². The molecule has 0 spiro atoms. The zero-order valence-electron chi connectivity index (χ0n) is 8.72. The van der Waals surface area contributed by atoms with Gasteiger partial charge in [-0.1, -0.05) is 0 Å². The summed E-state index contributed by atoms with van der Waals surface area (Å²) in [5, 5.41) is 10.5. The van der Waals surface area contributed by atoms with E-state index >= 15 is 0 Å². The number of hydrogen-bond donors (Lipinski definition) is 0. The minimum absolute atomic E-state index is 0.0784. The Morgan fingerprint density at radius 2 is 2.13 bits per heavy atom. The maximum atomic E-state index is 11.5. The zero-order valence-corrected chi connectivity index (χ0v) is 8.72. The van der Waals surface area contributed by atoms with Crippen LogP contribution in [0.25, 0.3) is 0 Å². The summed E-state index contributed by atoms with van der Waals surface area (Å²) in [4.78, 5) is 26.6. The lowest BCUT2D eigenvalue weighted by atomic mass is 10.2. The molecule has 0 aliphatic rings. The summed E-state index contributed by atoms with van der Waals surface area (Å²) < 4.78 is 0. The van der Waals surface area contributed by atoms with E-state index in [1.165, 1.54) is 11.0 Å². The third-order valence-corrected chi connectivity index (χ3v) is 1.91. The van der Waals surface area contributed by atoms with Gasteiger partial charge < -0.3 is 4.90 Å². The summed E-state index contributed by atoms with van der Waals surface area (Å²) in [7, 11) is 3.20. The van der Waals surface area contributed by atoms with Crippen LogP contribution in [0.4, 0.5) is 5.69 Å². The molecular formula is C9H11N3O3. The lowest BCUT2D eigenvalue weighted by Gasteiger charge is -2.09. The Labute approximate surface area is 86.7 Å². The molecule has 0 atom stereocenters. The minimum Gasteiger partial charge on any atom is -0.343 e. The van der Waals surface area contributed by atoms with Crippen molar-refractivity contribution >= 4 is 11.6 Å². The van der Waals surface area contributed by atoms with Crippen molar-refractivity contribution in [3.8, 4) is 0 Å². The highest BCUT2D eigenvalue weighted by atomic mass is 16.6. The van der Waals surface area contributed by atoms with Gasteiger partial charge in [-0.3, -0.25) is 14.9 Å². The van der Waals surface area contributed by atoms with Crippen LogP contribution in [0.3, 0.4) is 0 Å². The number of nitrogens with zero attached hydrogens (tertiary/aromatic N) is 3. The molecule has 80 valence electrons. The topological polar surface area (TPSA) is 76.3 Å². The fourth-order valence-electron chi connectivity index (χ4n) is 1.09. The molecule has 6 nitrogen and oxygen atoms in total. The van der Waals surface area contributed by atoms with Crippen molar-refractivity contribution < 1.29 is 9.72 Å². The first-order valence-corrected chi connectivity index (χ1v) is 4.26. The molecule has 0 aliphatic carbocycles. The third-order valence-electron chi connectivity index (χ3n) is 1.91. The highest BCUT2D eigenvalue weighted by molar-refractivity contribution is 5.92. The van der Waals surface area contributed by atoms with Gasteiger partial charge in [0.05, 0.1) is 4.92 Å². The smallest absolute Gasteiger partial charge is 0.290 e. The van der Waals surface area contributed by atoms with Gasteiger partial charge in [0.25, 0.3) is 11.6 Å². The highest BCUT2D eigenvalue weighted by Crippen LogP contribution is 2.16. The standard InChI is InChI=1S/C9H11N3O3/c1-6-4-7(9(13)11(2)3)10-5-8(6)12(14)15/h4-5H,1-3H3. The second kappa shape index (κ2) is 4.04. The fraction of sp³-hybridized carbons (Fsp3) is 0.333. The van der Waals surface area contributed by atoms with Crippen LogP contribution >= 0.6 is 0 Å². The van der Waals surface area contributed by atoms with Crippen molar-refractivity contribution in [3.05, 3.63) is 33.6 Å². The molecule has 0 saturated carbocycles. The number of hydrogen-bond acceptors (Lipinski definition) is 4. The minimum atomic E-state index is -0.522. The maximum absolute atomic E-state index is 11.5. The van der Waals surface area contributed by atoms with Crippen molar-refractivity contribution in [1.82, 2.24) is 9.88 Å². The molecule has 1 rings (SSSR count). The molecule has 0 fully saturated rings. The third kappa shape index (κ3) is 2.28. The highest BCUT2D eigenvalue weighted by Gasteiger charge is 2.15. The molecule has 1 aromatic heterocycles. The Morgan fingerprint density at radius 1 is 1.53 bits per heavy atom. The second-order valence-electron chi connectivity index (χ2n) is 3.31.